The molecule has 1 aromatic rings. The zero-order chi connectivity index (χ0) is 23.8. The molecule has 2 unspecified atom stereocenters. The fourth-order valence-corrected chi connectivity index (χ4v) is 5.67. The van der Waals surface area contributed by atoms with Crippen LogP contribution >= 0.6 is 35.7 Å². The van der Waals surface area contributed by atoms with Crippen molar-refractivity contribution in [3.05, 3.63) is 17.0 Å². The average Bonchev–Trinajstić information content (AvgIpc) is 2.82. The second-order valence-corrected chi connectivity index (χ2v) is 10.6. The van der Waals surface area contributed by atoms with Gasteiger partial charge in [0.05, 0.1) is 0 Å². The number of alkyl halides is 1. The Balaban J connectivity index is 2.21. The number of anilines is 1. The number of halogens is 1. The highest BCUT2D eigenvalue weighted by Gasteiger charge is 2.57. The predicted octanol–water partition coefficient (Wildman–Crippen LogP) is 0.138. The minimum Gasteiger partial charge on any atom is -0.386 e. The highest BCUT2D eigenvalue weighted by atomic mass is 32.1. The SMILES string of the molecule is C#C[C@]1(COP(=O)(O)OP(=O)(O)OP(=O)(O)O)O[C@@H](n2ccc(N)nc2=S)[C@@H](F)[C@H]1O. The van der Waals surface area contributed by atoms with E-state index in [9.17, 15) is 28.1 Å². The number of hydrogen-bond acceptors (Lipinski definition) is 11. The summed E-state index contributed by atoms with van der Waals surface area (Å²) in [7, 11) is -17.0. The molecule has 174 valence electrons. The Bertz CT molecular complexity index is 1090. The summed E-state index contributed by atoms with van der Waals surface area (Å²) in [6.07, 6.45) is 0.371. The molecule has 0 aromatic carbocycles. The molecule has 0 radical (unpaired) electrons. The van der Waals surface area contributed by atoms with Crippen LogP contribution in [0.1, 0.15) is 6.23 Å². The molecule has 1 aliphatic heterocycles. The lowest BCUT2D eigenvalue weighted by atomic mass is 9.98. The molecule has 31 heavy (non-hydrogen) atoms. The van der Waals surface area contributed by atoms with E-state index in [1.54, 1.807) is 0 Å². The Morgan fingerprint density at radius 3 is 2.45 bits per heavy atom. The Morgan fingerprint density at radius 1 is 1.32 bits per heavy atom. The Kier molecular flexibility index (Phi) is 7.64. The second kappa shape index (κ2) is 9.05. The van der Waals surface area contributed by atoms with Crippen LogP contribution in [0.3, 0.4) is 0 Å². The summed E-state index contributed by atoms with van der Waals surface area (Å²) in [6.45, 7) is -1.28. The maximum absolute atomic E-state index is 14.7. The lowest BCUT2D eigenvalue weighted by Gasteiger charge is -2.27. The minimum absolute atomic E-state index is 0.00563. The van der Waals surface area contributed by atoms with Crippen LogP contribution < -0.4 is 5.73 Å². The quantitative estimate of drug-likeness (QED) is 0.150. The van der Waals surface area contributed by atoms with Gasteiger partial charge in [-0.15, -0.1) is 6.42 Å². The van der Waals surface area contributed by atoms with Crippen LogP contribution in [0.4, 0.5) is 10.2 Å². The van der Waals surface area contributed by atoms with Gasteiger partial charge < -0.3 is 35.2 Å². The maximum Gasteiger partial charge on any atom is 0.490 e. The van der Waals surface area contributed by atoms with Crippen molar-refractivity contribution in [2.75, 3.05) is 12.3 Å². The first kappa shape index (κ1) is 26.2. The number of aliphatic hydroxyl groups is 1. The van der Waals surface area contributed by atoms with Crippen molar-refractivity contribution >= 4 is 41.5 Å². The highest BCUT2D eigenvalue weighted by Crippen LogP contribution is 2.66. The van der Waals surface area contributed by atoms with Crippen molar-refractivity contribution in [3.8, 4) is 12.3 Å². The van der Waals surface area contributed by atoms with Crippen molar-refractivity contribution in [3.63, 3.8) is 0 Å². The van der Waals surface area contributed by atoms with Crippen LogP contribution in [-0.4, -0.2) is 58.7 Å². The van der Waals surface area contributed by atoms with E-state index >= 15 is 0 Å². The number of phosphoric ester groups is 1. The third kappa shape index (κ3) is 6.47. The molecule has 20 heteroatoms. The van der Waals surface area contributed by atoms with E-state index in [2.05, 4.69) is 18.1 Å². The molecule has 1 aromatic heterocycles. The van der Waals surface area contributed by atoms with Gasteiger partial charge in [0.1, 0.15) is 18.5 Å². The Hall–Kier alpha value is -1.08. The van der Waals surface area contributed by atoms with Crippen LogP contribution in [0, 0.1) is 17.1 Å². The maximum atomic E-state index is 14.7. The first-order chi connectivity index (χ1) is 14.0. The molecule has 6 atom stereocenters. The Labute approximate surface area is 178 Å². The third-order valence-electron chi connectivity index (χ3n) is 3.61. The third-order valence-corrected chi connectivity index (χ3v) is 7.70. The van der Waals surface area contributed by atoms with Crippen molar-refractivity contribution in [2.24, 2.45) is 0 Å². The topological polar surface area (TPSA) is 233 Å². The van der Waals surface area contributed by atoms with Gasteiger partial charge in [-0.1, -0.05) is 5.92 Å². The highest BCUT2D eigenvalue weighted by molar-refractivity contribution is 7.71. The molecule has 0 aliphatic carbocycles. The molecular weight excluding hydrogens is 510 g/mol. The van der Waals surface area contributed by atoms with Crippen LogP contribution in [0.2, 0.25) is 0 Å². The number of nitrogens with zero attached hydrogens (tertiary/aromatic N) is 2. The van der Waals surface area contributed by atoms with Gasteiger partial charge in [0.25, 0.3) is 0 Å². The summed E-state index contributed by atoms with van der Waals surface area (Å²) in [4.78, 5) is 39.4. The van der Waals surface area contributed by atoms with Gasteiger partial charge in [-0.25, -0.2) is 23.1 Å². The van der Waals surface area contributed by atoms with Gasteiger partial charge in [0, 0.05) is 6.20 Å². The predicted molar refractivity (Wildman–Crippen MR) is 99.9 cm³/mol. The molecule has 0 bridgehead atoms. The zero-order valence-corrected chi connectivity index (χ0v) is 18.4. The lowest BCUT2D eigenvalue weighted by Crippen LogP contribution is -2.44. The van der Waals surface area contributed by atoms with Crippen molar-refractivity contribution < 1.29 is 60.6 Å². The fourth-order valence-electron chi connectivity index (χ4n) is 2.35. The summed E-state index contributed by atoms with van der Waals surface area (Å²) in [5.41, 5.74) is 3.02. The van der Waals surface area contributed by atoms with Crippen LogP contribution in [0.5, 0.6) is 0 Å². The number of nitrogen functional groups attached to an aromatic ring is 1. The molecule has 1 aliphatic rings. The van der Waals surface area contributed by atoms with E-state index in [0.29, 0.717) is 0 Å². The smallest absolute Gasteiger partial charge is 0.386 e. The summed E-state index contributed by atoms with van der Waals surface area (Å²) in [5.74, 6) is 1.86. The number of terminal acetylenes is 1. The average molecular weight is 525 g/mol. The first-order valence-corrected chi connectivity index (χ1v) is 12.5. The Morgan fingerprint density at radius 2 is 1.94 bits per heavy atom. The monoisotopic (exact) mass is 525 g/mol. The minimum atomic E-state index is -5.79. The molecule has 0 saturated carbocycles. The summed E-state index contributed by atoms with van der Waals surface area (Å²) in [6, 6.07) is 1.24. The lowest BCUT2D eigenvalue weighted by molar-refractivity contribution is -0.0900. The van der Waals surface area contributed by atoms with Gasteiger partial charge in [-0.2, -0.15) is 8.62 Å². The summed E-state index contributed by atoms with van der Waals surface area (Å²) >= 11 is 4.93. The molecule has 0 amide bonds. The molecule has 1 saturated heterocycles. The molecule has 2 heterocycles. The normalized spacial score (nSPS) is 30.3. The molecular formula is C11H15FN3O12P3S. The summed E-state index contributed by atoms with van der Waals surface area (Å²) < 4.78 is 66.0. The number of aliphatic hydroxyl groups excluding tert-OH is 1. The van der Waals surface area contributed by atoms with Crippen molar-refractivity contribution in [1.82, 2.24) is 9.55 Å². The molecule has 7 N–H and O–H groups in total. The number of aromatic nitrogens is 2. The molecule has 2 rings (SSSR count). The number of phosphoric acid groups is 3. The molecule has 0 spiro atoms. The van der Waals surface area contributed by atoms with Gasteiger partial charge in [0.2, 0.25) is 4.77 Å². The zero-order valence-electron chi connectivity index (χ0n) is 14.9. The first-order valence-electron chi connectivity index (χ1n) is 7.62. The van der Waals surface area contributed by atoms with E-state index in [-0.39, 0.29) is 10.6 Å². The number of nitrogens with two attached hydrogens (primary N) is 1. The van der Waals surface area contributed by atoms with E-state index in [0.717, 1.165) is 4.57 Å². The largest absolute Gasteiger partial charge is 0.490 e. The van der Waals surface area contributed by atoms with E-state index in [4.69, 9.17) is 43.8 Å². The number of rotatable bonds is 8. The fraction of sp³-hybridized carbons (Fsp3) is 0.455. The van der Waals surface area contributed by atoms with E-state index in [1.807, 2.05) is 5.92 Å². The van der Waals surface area contributed by atoms with E-state index in [1.165, 1.54) is 12.3 Å². The van der Waals surface area contributed by atoms with Gasteiger partial charge in [0.15, 0.2) is 18.0 Å². The number of hydrogen-bond donors (Lipinski definition) is 6. The van der Waals surface area contributed by atoms with Crippen LogP contribution in [0.25, 0.3) is 0 Å². The molecule has 1 fully saturated rings. The van der Waals surface area contributed by atoms with Crippen LogP contribution in [-0.2, 0) is 31.6 Å². The van der Waals surface area contributed by atoms with E-state index < -0.39 is 54.2 Å². The molecule has 15 nitrogen and oxygen atoms in total. The summed E-state index contributed by atoms with van der Waals surface area (Å²) in [5, 5.41) is 10.2. The van der Waals surface area contributed by atoms with Gasteiger partial charge in [-0.05, 0) is 18.3 Å². The van der Waals surface area contributed by atoms with Crippen molar-refractivity contribution in [2.45, 2.75) is 24.1 Å². The van der Waals surface area contributed by atoms with Gasteiger partial charge in [-0.3, -0.25) is 9.09 Å². The standard InChI is InChI=1S/C11H15FN3O12P3S/c1-2-11(5-24-29(20,21)27-30(22,23)26-28(17,18)19)8(16)7(12)9(25-11)15-4-3-6(13)14-10(15)31/h1,3-4,7-9,16H,5H2,(H,20,21)(H,22,23)(H2,13,14,31)(H2,17,18,19)/t7-,8+,9+,11+/m0/s1. The van der Waals surface area contributed by atoms with Gasteiger partial charge >= 0.3 is 23.5 Å². The van der Waals surface area contributed by atoms with Crippen LogP contribution in [0.15, 0.2) is 12.3 Å². The van der Waals surface area contributed by atoms with Crippen molar-refractivity contribution in [1.29, 1.82) is 0 Å². The second-order valence-electron chi connectivity index (χ2n) is 5.84. The number of ether oxygens (including phenoxy) is 1.